The number of rotatable bonds is 6. The van der Waals surface area contributed by atoms with Crippen LogP contribution in [0.2, 0.25) is 0 Å². The number of nitrogens with zero attached hydrogens (tertiary/aromatic N) is 2. The van der Waals surface area contributed by atoms with Crippen molar-refractivity contribution >= 4 is 33.4 Å². The molecule has 0 spiro atoms. The van der Waals surface area contributed by atoms with Gasteiger partial charge in [-0.25, -0.2) is 13.2 Å². The van der Waals surface area contributed by atoms with Gasteiger partial charge in [-0.2, -0.15) is 0 Å². The highest BCUT2D eigenvalue weighted by atomic mass is 32.2. The molecule has 1 aromatic rings. The summed E-state index contributed by atoms with van der Waals surface area (Å²) in [6.07, 6.45) is 3.60. The molecule has 4 atom stereocenters. The van der Waals surface area contributed by atoms with Crippen LogP contribution in [0.15, 0.2) is 6.07 Å². The number of fused-ring (bicyclic) bond motifs is 1. The van der Waals surface area contributed by atoms with Gasteiger partial charge in [0.05, 0.1) is 23.3 Å². The minimum Gasteiger partial charge on any atom is -0.456 e. The first-order valence-corrected chi connectivity index (χ1v) is 13.3. The van der Waals surface area contributed by atoms with Crippen LogP contribution in [0.3, 0.4) is 0 Å². The maximum absolute atomic E-state index is 12.8. The number of Topliss-reactive ketones (excluding diaryl/α,β-unsaturated/α-hetero) is 1. The van der Waals surface area contributed by atoms with E-state index >= 15 is 0 Å². The van der Waals surface area contributed by atoms with Gasteiger partial charge in [0, 0.05) is 23.0 Å². The Balaban J connectivity index is 1.41. The van der Waals surface area contributed by atoms with Gasteiger partial charge in [-0.15, -0.1) is 0 Å². The number of amides is 2. The summed E-state index contributed by atoms with van der Waals surface area (Å²) in [5.41, 5.74) is 1.78. The first-order chi connectivity index (χ1) is 15.5. The van der Waals surface area contributed by atoms with Gasteiger partial charge in [0.15, 0.2) is 16.4 Å². The summed E-state index contributed by atoms with van der Waals surface area (Å²) in [5.74, 6) is -2.39. The molecule has 3 fully saturated rings. The van der Waals surface area contributed by atoms with Crippen LogP contribution in [0.1, 0.15) is 66.8 Å². The molecule has 3 aliphatic rings. The summed E-state index contributed by atoms with van der Waals surface area (Å²) in [6, 6.07) is 0.382. The molecular weight excluding hydrogens is 448 g/mol. The Morgan fingerprint density at radius 3 is 2.24 bits per heavy atom. The van der Waals surface area contributed by atoms with E-state index < -0.39 is 34.2 Å². The predicted octanol–water partition coefficient (Wildman–Crippen LogP) is 1.75. The molecule has 1 aromatic heterocycles. The summed E-state index contributed by atoms with van der Waals surface area (Å²) in [5, 5.41) is 0. The molecule has 0 radical (unpaired) electrons. The molecule has 2 saturated heterocycles. The monoisotopic (exact) mass is 478 g/mol. The third-order valence-electron chi connectivity index (χ3n) is 7.31. The lowest BCUT2D eigenvalue weighted by atomic mass is 9.81. The number of aryl methyl sites for hydroxylation is 1. The maximum atomic E-state index is 12.8. The highest BCUT2D eigenvalue weighted by Crippen LogP contribution is 2.39. The van der Waals surface area contributed by atoms with Crippen molar-refractivity contribution in [1.82, 2.24) is 9.47 Å². The van der Waals surface area contributed by atoms with Gasteiger partial charge >= 0.3 is 5.97 Å². The number of carbonyl (C=O) groups is 4. The molecule has 1 aliphatic carbocycles. The second-order valence-corrected chi connectivity index (χ2v) is 11.7. The van der Waals surface area contributed by atoms with Gasteiger partial charge in [0.1, 0.15) is 6.04 Å². The standard InChI is InChI=1S/C23H30N2O7S/c1-13-10-19(14(2)24(13)16-8-9-33(30,31)12-16)20(26)11-32-23(29)15(3)25-21(27)17-6-4-5-7-18(17)22(25)28/h10,15-18H,4-9,11-12H2,1-3H3/t15-,16?,17?,18?/m0/s1. The van der Waals surface area contributed by atoms with Crippen molar-refractivity contribution in [2.24, 2.45) is 11.8 Å². The maximum Gasteiger partial charge on any atom is 0.329 e. The second kappa shape index (κ2) is 8.70. The van der Waals surface area contributed by atoms with E-state index in [1.54, 1.807) is 13.0 Å². The fourth-order valence-electron chi connectivity index (χ4n) is 5.61. The average molecular weight is 479 g/mol. The van der Waals surface area contributed by atoms with Crippen LogP contribution in [-0.4, -0.2) is 65.6 Å². The Kier molecular flexibility index (Phi) is 6.24. The van der Waals surface area contributed by atoms with E-state index in [0.29, 0.717) is 30.5 Å². The molecule has 4 rings (SSSR count). The first-order valence-electron chi connectivity index (χ1n) is 11.5. The molecule has 33 heavy (non-hydrogen) atoms. The Hall–Kier alpha value is -2.49. The lowest BCUT2D eigenvalue weighted by Crippen LogP contribution is -2.44. The van der Waals surface area contributed by atoms with Crippen LogP contribution >= 0.6 is 0 Å². The molecule has 0 aromatic carbocycles. The third kappa shape index (κ3) is 4.25. The number of hydrogen-bond acceptors (Lipinski definition) is 7. The van der Waals surface area contributed by atoms with Gasteiger partial charge in [0.25, 0.3) is 0 Å². The summed E-state index contributed by atoms with van der Waals surface area (Å²) < 4.78 is 30.8. The van der Waals surface area contributed by atoms with Crippen LogP contribution in [-0.2, 0) is 29.0 Å². The van der Waals surface area contributed by atoms with Crippen LogP contribution < -0.4 is 0 Å². The third-order valence-corrected chi connectivity index (χ3v) is 9.06. The van der Waals surface area contributed by atoms with Crippen molar-refractivity contribution in [3.05, 3.63) is 23.0 Å². The van der Waals surface area contributed by atoms with E-state index in [1.807, 2.05) is 11.5 Å². The van der Waals surface area contributed by atoms with Gasteiger partial charge in [-0.05, 0) is 46.1 Å². The quantitative estimate of drug-likeness (QED) is 0.347. The predicted molar refractivity (Wildman–Crippen MR) is 118 cm³/mol. The van der Waals surface area contributed by atoms with E-state index in [4.69, 9.17) is 4.74 Å². The van der Waals surface area contributed by atoms with Gasteiger partial charge < -0.3 is 9.30 Å². The Morgan fingerprint density at radius 1 is 1.09 bits per heavy atom. The zero-order chi connectivity index (χ0) is 24.1. The van der Waals surface area contributed by atoms with Crippen LogP contribution in [0.5, 0.6) is 0 Å². The Bertz CT molecular complexity index is 1100. The van der Waals surface area contributed by atoms with Crippen molar-refractivity contribution in [2.75, 3.05) is 18.1 Å². The summed E-state index contributed by atoms with van der Waals surface area (Å²) in [4.78, 5) is 51.8. The number of esters is 1. The number of hydrogen-bond donors (Lipinski definition) is 0. The number of ketones is 1. The Morgan fingerprint density at radius 2 is 1.70 bits per heavy atom. The van der Waals surface area contributed by atoms with Crippen LogP contribution in [0, 0.1) is 25.7 Å². The molecular formula is C23H30N2O7S. The summed E-state index contributed by atoms with van der Waals surface area (Å²) in [6.45, 7) is 4.50. The van der Waals surface area contributed by atoms with E-state index in [1.165, 1.54) is 6.92 Å². The van der Waals surface area contributed by atoms with Crippen LogP contribution in [0.4, 0.5) is 0 Å². The minimum absolute atomic E-state index is 0.0450. The zero-order valence-corrected chi connectivity index (χ0v) is 20.0. The van der Waals surface area contributed by atoms with E-state index in [2.05, 4.69) is 0 Å². The van der Waals surface area contributed by atoms with Crippen molar-refractivity contribution < 1.29 is 32.3 Å². The molecule has 2 aliphatic heterocycles. The van der Waals surface area contributed by atoms with Crippen LogP contribution in [0.25, 0.3) is 0 Å². The van der Waals surface area contributed by atoms with Crippen molar-refractivity contribution in [3.8, 4) is 0 Å². The van der Waals surface area contributed by atoms with Crippen molar-refractivity contribution in [1.29, 1.82) is 0 Å². The molecule has 180 valence electrons. The lowest BCUT2D eigenvalue weighted by Gasteiger charge is -2.21. The number of ether oxygens (including phenoxy) is 1. The van der Waals surface area contributed by atoms with Crippen molar-refractivity contribution in [2.45, 2.75) is 65.0 Å². The normalized spacial score (nSPS) is 27.5. The Labute approximate surface area is 193 Å². The molecule has 10 heteroatoms. The molecule has 0 bridgehead atoms. The topological polar surface area (TPSA) is 120 Å². The number of carbonyl (C=O) groups excluding carboxylic acids is 4. The molecule has 1 saturated carbocycles. The fourth-order valence-corrected chi connectivity index (χ4v) is 7.31. The molecule has 2 amide bonds. The highest BCUT2D eigenvalue weighted by Gasteiger charge is 2.51. The number of likely N-dealkylation sites (tertiary alicyclic amines) is 1. The number of sulfone groups is 1. The van der Waals surface area contributed by atoms with E-state index in [-0.39, 0.29) is 41.2 Å². The molecule has 3 unspecified atom stereocenters. The largest absolute Gasteiger partial charge is 0.456 e. The van der Waals surface area contributed by atoms with Crippen molar-refractivity contribution in [3.63, 3.8) is 0 Å². The summed E-state index contributed by atoms with van der Waals surface area (Å²) >= 11 is 0. The zero-order valence-electron chi connectivity index (χ0n) is 19.2. The molecule has 9 nitrogen and oxygen atoms in total. The average Bonchev–Trinajstić information content (AvgIpc) is 3.36. The molecule has 3 heterocycles. The highest BCUT2D eigenvalue weighted by molar-refractivity contribution is 7.91. The van der Waals surface area contributed by atoms with Gasteiger partial charge in [0.2, 0.25) is 17.6 Å². The smallest absolute Gasteiger partial charge is 0.329 e. The first kappa shape index (κ1) is 23.7. The van der Waals surface area contributed by atoms with E-state index in [0.717, 1.165) is 23.4 Å². The SMILES string of the molecule is Cc1cc(C(=O)COC(=O)[C@H](C)N2C(=O)C3CCCCC3C2=O)c(C)n1C1CCS(=O)(=O)C1. The van der Waals surface area contributed by atoms with Gasteiger partial charge in [-0.3, -0.25) is 19.3 Å². The van der Waals surface area contributed by atoms with Gasteiger partial charge in [-0.1, -0.05) is 12.8 Å². The lowest BCUT2D eigenvalue weighted by molar-refractivity contribution is -0.157. The second-order valence-electron chi connectivity index (χ2n) is 9.46. The molecule has 0 N–H and O–H groups in total. The van der Waals surface area contributed by atoms with E-state index in [9.17, 15) is 27.6 Å². The summed E-state index contributed by atoms with van der Waals surface area (Å²) in [7, 11) is -3.08. The minimum atomic E-state index is -3.08. The number of imide groups is 1. The fraction of sp³-hybridized carbons (Fsp3) is 0.652. The number of aromatic nitrogens is 1.